The SMILES string of the molecule is Cc1nc(C(C)C)sc1C(=O)N1CCn2nc(C3CC3)nc2[C@@H]1CC(C)C. The van der Waals surface area contributed by atoms with Crippen molar-refractivity contribution in [1.82, 2.24) is 24.6 Å². The third-order valence-corrected chi connectivity index (χ3v) is 6.79. The summed E-state index contributed by atoms with van der Waals surface area (Å²) in [7, 11) is 0. The largest absolute Gasteiger partial charge is 0.326 e. The van der Waals surface area contributed by atoms with Gasteiger partial charge >= 0.3 is 0 Å². The summed E-state index contributed by atoms with van der Waals surface area (Å²) in [4.78, 5) is 25.8. The number of nitrogens with zero attached hydrogens (tertiary/aromatic N) is 5. The molecular formula is C20H29N5OS. The second kappa shape index (κ2) is 7.00. The van der Waals surface area contributed by atoms with Gasteiger partial charge in [0.1, 0.15) is 10.7 Å². The van der Waals surface area contributed by atoms with E-state index < -0.39 is 0 Å². The molecule has 1 fully saturated rings. The van der Waals surface area contributed by atoms with Crippen molar-refractivity contribution in [3.63, 3.8) is 0 Å². The van der Waals surface area contributed by atoms with E-state index in [-0.39, 0.29) is 11.9 Å². The maximum Gasteiger partial charge on any atom is 0.266 e. The van der Waals surface area contributed by atoms with E-state index in [2.05, 4.69) is 32.7 Å². The van der Waals surface area contributed by atoms with Crippen LogP contribution in [0.4, 0.5) is 0 Å². The van der Waals surface area contributed by atoms with Crippen molar-refractivity contribution in [3.05, 3.63) is 27.2 Å². The number of amides is 1. The lowest BCUT2D eigenvalue weighted by atomic mass is 10.00. The molecule has 146 valence electrons. The molecule has 2 aromatic heterocycles. The van der Waals surface area contributed by atoms with Gasteiger partial charge in [-0.05, 0) is 32.1 Å². The minimum atomic E-state index is -0.00440. The summed E-state index contributed by atoms with van der Waals surface area (Å²) in [5.41, 5.74) is 0.850. The molecule has 0 spiro atoms. The lowest BCUT2D eigenvalue weighted by molar-refractivity contribution is 0.0582. The van der Waals surface area contributed by atoms with Gasteiger partial charge < -0.3 is 4.90 Å². The van der Waals surface area contributed by atoms with Gasteiger partial charge in [-0.3, -0.25) is 4.79 Å². The average molecular weight is 388 g/mol. The highest BCUT2D eigenvalue weighted by Crippen LogP contribution is 2.40. The fraction of sp³-hybridized carbons (Fsp3) is 0.700. The molecule has 1 atom stereocenters. The van der Waals surface area contributed by atoms with Crippen molar-refractivity contribution in [3.8, 4) is 0 Å². The van der Waals surface area contributed by atoms with Gasteiger partial charge in [0.15, 0.2) is 5.82 Å². The highest BCUT2D eigenvalue weighted by Gasteiger charge is 2.38. The quantitative estimate of drug-likeness (QED) is 0.768. The molecule has 1 aliphatic heterocycles. The fourth-order valence-electron chi connectivity index (χ4n) is 3.71. The van der Waals surface area contributed by atoms with Crippen LogP contribution in [0, 0.1) is 12.8 Å². The summed E-state index contributed by atoms with van der Waals surface area (Å²) in [5, 5.41) is 5.77. The van der Waals surface area contributed by atoms with Gasteiger partial charge in [0.25, 0.3) is 5.91 Å². The summed E-state index contributed by atoms with van der Waals surface area (Å²) in [6.07, 6.45) is 3.29. The number of carbonyl (C=O) groups excluding carboxylic acids is 1. The van der Waals surface area contributed by atoms with E-state index in [9.17, 15) is 4.79 Å². The molecule has 3 heterocycles. The lowest BCUT2D eigenvalue weighted by Crippen LogP contribution is -2.43. The number of carbonyl (C=O) groups is 1. The van der Waals surface area contributed by atoms with Crippen LogP contribution in [-0.2, 0) is 6.54 Å². The smallest absolute Gasteiger partial charge is 0.266 e. The van der Waals surface area contributed by atoms with Crippen LogP contribution in [0.3, 0.4) is 0 Å². The van der Waals surface area contributed by atoms with Crippen molar-refractivity contribution < 1.29 is 4.79 Å². The second-order valence-electron chi connectivity index (χ2n) is 8.59. The molecule has 0 bridgehead atoms. The van der Waals surface area contributed by atoms with E-state index in [1.165, 1.54) is 12.8 Å². The van der Waals surface area contributed by atoms with Gasteiger partial charge in [0, 0.05) is 18.4 Å². The van der Waals surface area contributed by atoms with Crippen molar-refractivity contribution in [2.45, 2.75) is 78.3 Å². The normalized spacial score (nSPS) is 19.8. The highest BCUT2D eigenvalue weighted by molar-refractivity contribution is 7.13. The Balaban J connectivity index is 1.67. The zero-order valence-corrected chi connectivity index (χ0v) is 17.7. The first-order valence-corrected chi connectivity index (χ1v) is 10.9. The molecule has 27 heavy (non-hydrogen) atoms. The average Bonchev–Trinajstić information content (AvgIpc) is 3.24. The molecular weight excluding hydrogens is 358 g/mol. The molecule has 1 aliphatic carbocycles. The van der Waals surface area contributed by atoms with Crippen LogP contribution in [0.5, 0.6) is 0 Å². The Bertz CT molecular complexity index is 849. The van der Waals surface area contributed by atoms with E-state index >= 15 is 0 Å². The van der Waals surface area contributed by atoms with Crippen molar-refractivity contribution >= 4 is 17.2 Å². The number of thiazole rings is 1. The van der Waals surface area contributed by atoms with Crippen molar-refractivity contribution in [2.24, 2.45) is 5.92 Å². The van der Waals surface area contributed by atoms with Crippen LogP contribution < -0.4 is 0 Å². The predicted octanol–water partition coefficient (Wildman–Crippen LogP) is 4.29. The molecule has 0 saturated heterocycles. The lowest BCUT2D eigenvalue weighted by Gasteiger charge is -2.36. The van der Waals surface area contributed by atoms with E-state index in [0.29, 0.717) is 24.3 Å². The number of aryl methyl sites for hydroxylation is 1. The number of aromatic nitrogens is 4. The molecule has 0 N–H and O–H groups in total. The fourth-order valence-corrected chi connectivity index (χ4v) is 4.74. The minimum absolute atomic E-state index is 0.00440. The Morgan fingerprint density at radius 1 is 1.19 bits per heavy atom. The number of hydrogen-bond acceptors (Lipinski definition) is 5. The third kappa shape index (κ3) is 3.53. The Morgan fingerprint density at radius 2 is 1.93 bits per heavy atom. The van der Waals surface area contributed by atoms with E-state index in [1.54, 1.807) is 11.3 Å². The van der Waals surface area contributed by atoms with Crippen molar-refractivity contribution in [2.75, 3.05) is 6.54 Å². The molecule has 7 heteroatoms. The Morgan fingerprint density at radius 3 is 2.52 bits per heavy atom. The third-order valence-electron chi connectivity index (χ3n) is 5.34. The Hall–Kier alpha value is -1.76. The summed E-state index contributed by atoms with van der Waals surface area (Å²) < 4.78 is 2.05. The standard InChI is InChI=1S/C20H29N5OS/c1-11(2)10-15-18-22-17(14-6-7-14)23-25(18)9-8-24(15)20(26)16-13(5)21-19(27-16)12(3)4/h11-12,14-15H,6-10H2,1-5H3/t15-/m0/s1. The molecule has 0 aromatic carbocycles. The van der Waals surface area contributed by atoms with Gasteiger partial charge in [-0.15, -0.1) is 11.3 Å². The molecule has 1 amide bonds. The van der Waals surface area contributed by atoms with Gasteiger partial charge in [-0.1, -0.05) is 27.7 Å². The highest BCUT2D eigenvalue weighted by atomic mass is 32.1. The van der Waals surface area contributed by atoms with Crippen LogP contribution in [-0.4, -0.2) is 37.1 Å². The van der Waals surface area contributed by atoms with Gasteiger partial charge in [-0.2, -0.15) is 5.10 Å². The van der Waals surface area contributed by atoms with E-state index in [1.807, 2.05) is 16.5 Å². The first kappa shape index (κ1) is 18.6. The van der Waals surface area contributed by atoms with Gasteiger partial charge in [0.05, 0.1) is 23.3 Å². The topological polar surface area (TPSA) is 63.9 Å². The molecule has 0 radical (unpaired) electrons. The summed E-state index contributed by atoms with van der Waals surface area (Å²) in [5.74, 6) is 3.40. The molecule has 2 aliphatic rings. The molecule has 4 rings (SSSR count). The minimum Gasteiger partial charge on any atom is -0.326 e. The van der Waals surface area contributed by atoms with Crippen LogP contribution in [0.15, 0.2) is 0 Å². The monoisotopic (exact) mass is 387 g/mol. The van der Waals surface area contributed by atoms with Gasteiger partial charge in [0.2, 0.25) is 0 Å². The van der Waals surface area contributed by atoms with E-state index in [4.69, 9.17) is 10.1 Å². The van der Waals surface area contributed by atoms with Crippen LogP contribution in [0.2, 0.25) is 0 Å². The van der Waals surface area contributed by atoms with Crippen LogP contribution >= 0.6 is 11.3 Å². The Labute approximate surface area is 165 Å². The number of fused-ring (bicyclic) bond motifs is 1. The second-order valence-corrected chi connectivity index (χ2v) is 9.62. The molecule has 1 saturated carbocycles. The maximum absolute atomic E-state index is 13.5. The van der Waals surface area contributed by atoms with Crippen LogP contribution in [0.1, 0.15) is 96.9 Å². The summed E-state index contributed by atoms with van der Waals surface area (Å²) in [6.45, 7) is 12.0. The molecule has 6 nitrogen and oxygen atoms in total. The summed E-state index contributed by atoms with van der Waals surface area (Å²) in [6, 6.07) is -0.00440. The van der Waals surface area contributed by atoms with Gasteiger partial charge in [-0.25, -0.2) is 14.6 Å². The van der Waals surface area contributed by atoms with Crippen LogP contribution in [0.25, 0.3) is 0 Å². The first-order chi connectivity index (χ1) is 12.8. The zero-order valence-electron chi connectivity index (χ0n) is 16.9. The maximum atomic E-state index is 13.5. The van der Waals surface area contributed by atoms with Crippen molar-refractivity contribution in [1.29, 1.82) is 0 Å². The zero-order chi connectivity index (χ0) is 19.3. The first-order valence-electron chi connectivity index (χ1n) is 10.1. The predicted molar refractivity (Wildman–Crippen MR) is 106 cm³/mol. The Kier molecular flexibility index (Phi) is 4.82. The number of rotatable bonds is 5. The number of hydrogen-bond donors (Lipinski definition) is 0. The van der Waals surface area contributed by atoms with E-state index in [0.717, 1.165) is 40.2 Å². The summed E-state index contributed by atoms with van der Waals surface area (Å²) >= 11 is 1.55. The molecule has 0 unspecified atom stereocenters. The molecule has 2 aromatic rings.